The SMILES string of the molecule is O=C1NC2(CCCC2)C(=O)N1CCCO. The molecule has 0 unspecified atom stereocenters. The fourth-order valence-electron chi connectivity index (χ4n) is 2.43. The normalized spacial score (nSPS) is 23.9. The van der Waals surface area contributed by atoms with Crippen LogP contribution in [-0.2, 0) is 4.79 Å². The predicted molar refractivity (Wildman–Crippen MR) is 53.1 cm³/mol. The van der Waals surface area contributed by atoms with Gasteiger partial charge in [0.15, 0.2) is 0 Å². The van der Waals surface area contributed by atoms with Crippen LogP contribution in [0.25, 0.3) is 0 Å². The van der Waals surface area contributed by atoms with E-state index >= 15 is 0 Å². The molecule has 84 valence electrons. The van der Waals surface area contributed by atoms with Crippen molar-refractivity contribution in [3.63, 3.8) is 0 Å². The van der Waals surface area contributed by atoms with E-state index in [1.807, 2.05) is 0 Å². The Morgan fingerprint density at radius 3 is 2.60 bits per heavy atom. The zero-order chi connectivity index (χ0) is 10.9. The van der Waals surface area contributed by atoms with Crippen molar-refractivity contribution in [2.45, 2.75) is 37.6 Å². The first-order chi connectivity index (χ1) is 7.19. The van der Waals surface area contributed by atoms with E-state index in [-0.39, 0.29) is 18.5 Å². The summed E-state index contributed by atoms with van der Waals surface area (Å²) in [6.07, 6.45) is 3.97. The standard InChI is InChI=1S/C10H16N2O3/c13-7-3-6-12-8(14)10(11-9(12)15)4-1-2-5-10/h13H,1-7H2,(H,11,15). The minimum atomic E-state index is -0.605. The van der Waals surface area contributed by atoms with E-state index < -0.39 is 5.54 Å². The molecular formula is C10H16N2O3. The quantitative estimate of drug-likeness (QED) is 0.658. The average molecular weight is 212 g/mol. The summed E-state index contributed by atoms with van der Waals surface area (Å²) in [5.41, 5.74) is -0.605. The molecule has 1 spiro atoms. The van der Waals surface area contributed by atoms with Gasteiger partial charge in [-0.2, -0.15) is 0 Å². The monoisotopic (exact) mass is 212 g/mol. The van der Waals surface area contributed by atoms with Gasteiger partial charge in [-0.15, -0.1) is 0 Å². The lowest BCUT2D eigenvalue weighted by Crippen LogP contribution is -2.44. The number of hydrogen-bond donors (Lipinski definition) is 2. The second-order valence-electron chi connectivity index (χ2n) is 4.25. The Hall–Kier alpha value is -1.10. The van der Waals surface area contributed by atoms with E-state index in [2.05, 4.69) is 5.32 Å². The zero-order valence-corrected chi connectivity index (χ0v) is 8.66. The van der Waals surface area contributed by atoms with Crippen LogP contribution in [0.3, 0.4) is 0 Å². The molecule has 0 radical (unpaired) electrons. The van der Waals surface area contributed by atoms with Gasteiger partial charge in [0.1, 0.15) is 5.54 Å². The average Bonchev–Trinajstić information content (AvgIpc) is 2.75. The van der Waals surface area contributed by atoms with Crippen LogP contribution in [0.2, 0.25) is 0 Å². The van der Waals surface area contributed by atoms with Crippen LogP contribution in [0.4, 0.5) is 4.79 Å². The largest absolute Gasteiger partial charge is 0.396 e. The number of nitrogens with one attached hydrogen (secondary N) is 1. The van der Waals surface area contributed by atoms with Crippen molar-refractivity contribution in [2.75, 3.05) is 13.2 Å². The van der Waals surface area contributed by atoms with Gasteiger partial charge in [0, 0.05) is 13.2 Å². The van der Waals surface area contributed by atoms with E-state index in [9.17, 15) is 9.59 Å². The van der Waals surface area contributed by atoms with Crippen molar-refractivity contribution in [2.24, 2.45) is 0 Å². The van der Waals surface area contributed by atoms with Crippen LogP contribution in [0, 0.1) is 0 Å². The van der Waals surface area contributed by atoms with E-state index in [4.69, 9.17) is 5.11 Å². The third-order valence-corrected chi connectivity index (χ3v) is 3.24. The van der Waals surface area contributed by atoms with Gasteiger partial charge in [-0.25, -0.2) is 4.79 Å². The van der Waals surface area contributed by atoms with Gasteiger partial charge < -0.3 is 10.4 Å². The topological polar surface area (TPSA) is 69.6 Å². The van der Waals surface area contributed by atoms with E-state index in [1.54, 1.807) is 0 Å². The van der Waals surface area contributed by atoms with Gasteiger partial charge >= 0.3 is 6.03 Å². The van der Waals surface area contributed by atoms with E-state index in [1.165, 1.54) is 4.90 Å². The second-order valence-corrected chi connectivity index (χ2v) is 4.25. The van der Waals surface area contributed by atoms with Gasteiger partial charge in [-0.3, -0.25) is 9.69 Å². The minimum Gasteiger partial charge on any atom is -0.396 e. The first kappa shape index (κ1) is 10.4. The van der Waals surface area contributed by atoms with Crippen molar-refractivity contribution in [1.82, 2.24) is 10.2 Å². The molecule has 2 N–H and O–H groups in total. The molecule has 0 aromatic carbocycles. The third kappa shape index (κ3) is 1.61. The number of rotatable bonds is 3. The summed E-state index contributed by atoms with van der Waals surface area (Å²) in [6, 6.07) is -0.296. The molecular weight excluding hydrogens is 196 g/mol. The van der Waals surface area contributed by atoms with E-state index in [0.717, 1.165) is 25.7 Å². The zero-order valence-electron chi connectivity index (χ0n) is 8.66. The molecule has 5 nitrogen and oxygen atoms in total. The summed E-state index contributed by atoms with van der Waals surface area (Å²) in [5, 5.41) is 11.5. The number of hydrogen-bond acceptors (Lipinski definition) is 3. The maximum absolute atomic E-state index is 12.0. The fraction of sp³-hybridized carbons (Fsp3) is 0.800. The molecule has 1 aliphatic heterocycles. The van der Waals surface area contributed by atoms with E-state index in [0.29, 0.717) is 13.0 Å². The molecule has 15 heavy (non-hydrogen) atoms. The minimum absolute atomic E-state index is 0.00403. The van der Waals surface area contributed by atoms with Crippen LogP contribution in [0.1, 0.15) is 32.1 Å². The maximum Gasteiger partial charge on any atom is 0.325 e. The Bertz CT molecular complexity index is 284. The van der Waals surface area contributed by atoms with Gasteiger partial charge in [-0.1, -0.05) is 12.8 Å². The number of imide groups is 1. The Balaban J connectivity index is 2.08. The summed E-state index contributed by atoms with van der Waals surface area (Å²) in [6.45, 7) is 0.326. The van der Waals surface area contributed by atoms with Crippen molar-refractivity contribution in [1.29, 1.82) is 0 Å². The van der Waals surface area contributed by atoms with Gasteiger partial charge in [0.05, 0.1) is 0 Å². The number of aliphatic hydroxyl groups is 1. The van der Waals surface area contributed by atoms with Crippen molar-refractivity contribution < 1.29 is 14.7 Å². The highest BCUT2D eigenvalue weighted by Crippen LogP contribution is 2.34. The maximum atomic E-state index is 12.0. The summed E-state index contributed by atoms with van der Waals surface area (Å²) < 4.78 is 0. The fourth-order valence-corrected chi connectivity index (χ4v) is 2.43. The molecule has 1 heterocycles. The lowest BCUT2D eigenvalue weighted by molar-refractivity contribution is -0.131. The van der Waals surface area contributed by atoms with Gasteiger partial charge in [-0.05, 0) is 19.3 Å². The molecule has 2 aliphatic rings. The Kier molecular flexibility index (Phi) is 2.65. The number of aliphatic hydroxyl groups excluding tert-OH is 1. The third-order valence-electron chi connectivity index (χ3n) is 3.24. The van der Waals surface area contributed by atoms with Gasteiger partial charge in [0.2, 0.25) is 0 Å². The predicted octanol–water partition coefficient (Wildman–Crippen LogP) is 0.233. The van der Waals surface area contributed by atoms with Crippen molar-refractivity contribution >= 4 is 11.9 Å². The second kappa shape index (κ2) is 3.81. The Morgan fingerprint density at radius 1 is 1.33 bits per heavy atom. The summed E-state index contributed by atoms with van der Waals surface area (Å²) in [4.78, 5) is 24.8. The van der Waals surface area contributed by atoms with Crippen LogP contribution in [0.15, 0.2) is 0 Å². The molecule has 2 rings (SSSR count). The van der Waals surface area contributed by atoms with Crippen molar-refractivity contribution in [3.05, 3.63) is 0 Å². The van der Waals surface area contributed by atoms with Gasteiger partial charge in [0.25, 0.3) is 5.91 Å². The molecule has 1 aliphatic carbocycles. The molecule has 2 fully saturated rings. The Labute approximate surface area is 88.4 Å². The molecule has 0 bridgehead atoms. The number of urea groups is 1. The molecule has 0 aromatic rings. The number of carbonyl (C=O) groups excluding carboxylic acids is 2. The number of carbonyl (C=O) groups is 2. The summed E-state index contributed by atoms with van der Waals surface area (Å²) in [5.74, 6) is -0.0987. The summed E-state index contributed by atoms with van der Waals surface area (Å²) in [7, 11) is 0. The highest BCUT2D eigenvalue weighted by molar-refractivity contribution is 6.07. The molecule has 5 heteroatoms. The van der Waals surface area contributed by atoms with Crippen LogP contribution >= 0.6 is 0 Å². The molecule has 3 amide bonds. The number of nitrogens with zero attached hydrogens (tertiary/aromatic N) is 1. The van der Waals surface area contributed by atoms with Crippen LogP contribution < -0.4 is 5.32 Å². The smallest absolute Gasteiger partial charge is 0.325 e. The van der Waals surface area contributed by atoms with Crippen molar-refractivity contribution in [3.8, 4) is 0 Å². The summed E-state index contributed by atoms with van der Waals surface area (Å²) >= 11 is 0. The molecule has 0 aromatic heterocycles. The highest BCUT2D eigenvalue weighted by Gasteiger charge is 2.51. The van der Waals surface area contributed by atoms with Crippen LogP contribution in [-0.4, -0.2) is 40.6 Å². The highest BCUT2D eigenvalue weighted by atomic mass is 16.3. The lowest BCUT2D eigenvalue weighted by Gasteiger charge is -2.19. The first-order valence-electron chi connectivity index (χ1n) is 5.45. The number of amides is 3. The van der Waals surface area contributed by atoms with Crippen LogP contribution in [0.5, 0.6) is 0 Å². The molecule has 1 saturated heterocycles. The first-order valence-corrected chi connectivity index (χ1v) is 5.45. The lowest BCUT2D eigenvalue weighted by atomic mass is 9.98. The Morgan fingerprint density at radius 2 is 2.00 bits per heavy atom. The molecule has 0 atom stereocenters. The molecule has 1 saturated carbocycles.